The number of ether oxygens (including phenoxy) is 2. The highest BCUT2D eigenvalue weighted by atomic mass is 31.2. The summed E-state index contributed by atoms with van der Waals surface area (Å²) < 4.78 is 32.9. The zero-order valence-electron chi connectivity index (χ0n) is 39.5. The number of carboxylic acids is 1. The fourth-order valence-electron chi connectivity index (χ4n) is 7.60. The van der Waals surface area contributed by atoms with Gasteiger partial charge in [0.1, 0.15) is 12.6 Å². The van der Waals surface area contributed by atoms with Crippen molar-refractivity contribution in [1.29, 1.82) is 0 Å². The smallest absolute Gasteiger partial charge is 0.472 e. The first-order valence-corrected chi connectivity index (χ1v) is 27.1. The van der Waals surface area contributed by atoms with Crippen LogP contribution in [0.15, 0.2) is 0 Å². The summed E-state index contributed by atoms with van der Waals surface area (Å²) in [5.41, 5.74) is 5.35. The molecule has 0 aromatic heterocycles. The summed E-state index contributed by atoms with van der Waals surface area (Å²) >= 11 is 0. The molecular weight excluding hydrogens is 794 g/mol. The van der Waals surface area contributed by atoms with Gasteiger partial charge in [-0.05, 0) is 12.8 Å². The number of hydrogen-bond donors (Lipinski definition) is 3. The van der Waals surface area contributed by atoms with Crippen LogP contribution < -0.4 is 5.73 Å². The Morgan fingerprint density at radius 3 is 1.03 bits per heavy atom. The van der Waals surface area contributed by atoms with E-state index in [1.165, 1.54) is 186 Å². The molecule has 12 heteroatoms. The molecule has 0 rings (SSSR count). The number of unbranched alkanes of at least 4 members (excludes halogenated alkanes) is 35. The molecule has 0 radical (unpaired) electrons. The molecule has 362 valence electrons. The van der Waals surface area contributed by atoms with E-state index in [0.717, 1.165) is 38.5 Å². The molecule has 0 amide bonds. The van der Waals surface area contributed by atoms with Crippen LogP contribution in [0.4, 0.5) is 0 Å². The summed E-state index contributed by atoms with van der Waals surface area (Å²) in [5, 5.41) is 8.92. The van der Waals surface area contributed by atoms with Gasteiger partial charge in [0.15, 0.2) is 6.10 Å². The maximum absolute atomic E-state index is 12.7. The summed E-state index contributed by atoms with van der Waals surface area (Å²) in [7, 11) is -4.71. The maximum Gasteiger partial charge on any atom is 0.472 e. The highest BCUT2D eigenvalue weighted by Gasteiger charge is 2.28. The lowest BCUT2D eigenvalue weighted by molar-refractivity contribution is -0.161. The van der Waals surface area contributed by atoms with Crippen molar-refractivity contribution < 1.29 is 47.5 Å². The Hall–Kier alpha value is -1.52. The molecule has 0 heterocycles. The molecular formula is C49H96NO10P. The number of carbonyl (C=O) groups is 3. The lowest BCUT2D eigenvalue weighted by Gasteiger charge is -2.20. The summed E-state index contributed by atoms with van der Waals surface area (Å²) in [6.45, 7) is 2.87. The maximum atomic E-state index is 12.7. The SMILES string of the molecule is CCCCCCCCCCCCCCCCCCCCCC(=O)OC(COC(=O)CCCCCCCCCCCCCCCCCCCC)COP(=O)(O)OCC(N)C(=O)O. The fourth-order valence-corrected chi connectivity index (χ4v) is 8.38. The Kier molecular flexibility index (Phi) is 43.9. The molecule has 0 aromatic rings. The fraction of sp³-hybridized carbons (Fsp3) is 0.939. The first kappa shape index (κ1) is 59.5. The minimum Gasteiger partial charge on any atom is -0.480 e. The summed E-state index contributed by atoms with van der Waals surface area (Å²) in [4.78, 5) is 46.2. The van der Waals surface area contributed by atoms with Crippen molar-refractivity contribution in [3.8, 4) is 0 Å². The molecule has 0 aromatic carbocycles. The van der Waals surface area contributed by atoms with E-state index in [1.807, 2.05) is 0 Å². The van der Waals surface area contributed by atoms with Crippen LogP contribution in [0.3, 0.4) is 0 Å². The Balaban J connectivity index is 4.20. The van der Waals surface area contributed by atoms with Gasteiger partial charge in [-0.1, -0.05) is 239 Å². The molecule has 4 N–H and O–H groups in total. The summed E-state index contributed by atoms with van der Waals surface area (Å²) in [6, 6.07) is -1.52. The van der Waals surface area contributed by atoms with Gasteiger partial charge in [-0.3, -0.25) is 23.4 Å². The topological polar surface area (TPSA) is 172 Å². The third-order valence-corrected chi connectivity index (χ3v) is 12.6. The predicted molar refractivity (Wildman–Crippen MR) is 250 cm³/mol. The average molecular weight is 890 g/mol. The van der Waals surface area contributed by atoms with Crippen LogP contribution >= 0.6 is 7.82 Å². The molecule has 0 spiro atoms. The van der Waals surface area contributed by atoms with E-state index < -0.39 is 51.1 Å². The lowest BCUT2D eigenvalue weighted by atomic mass is 10.0. The van der Waals surface area contributed by atoms with Crippen molar-refractivity contribution in [2.45, 2.75) is 276 Å². The second-order valence-corrected chi connectivity index (χ2v) is 19.1. The minimum atomic E-state index is -4.71. The second kappa shape index (κ2) is 45.1. The van der Waals surface area contributed by atoms with Crippen LogP contribution in [0.2, 0.25) is 0 Å². The average Bonchev–Trinajstić information content (AvgIpc) is 3.24. The van der Waals surface area contributed by atoms with E-state index in [2.05, 4.69) is 18.4 Å². The number of esters is 2. The highest BCUT2D eigenvalue weighted by Crippen LogP contribution is 2.43. The van der Waals surface area contributed by atoms with E-state index in [0.29, 0.717) is 12.8 Å². The molecule has 3 atom stereocenters. The summed E-state index contributed by atoms with van der Waals surface area (Å²) in [5.74, 6) is -2.35. The molecule has 61 heavy (non-hydrogen) atoms. The molecule has 11 nitrogen and oxygen atoms in total. The Labute approximate surface area is 374 Å². The zero-order chi connectivity index (χ0) is 44.9. The van der Waals surface area contributed by atoms with E-state index >= 15 is 0 Å². The van der Waals surface area contributed by atoms with Gasteiger partial charge < -0.3 is 25.2 Å². The molecule has 3 unspecified atom stereocenters. The van der Waals surface area contributed by atoms with Crippen LogP contribution in [0.25, 0.3) is 0 Å². The van der Waals surface area contributed by atoms with Crippen molar-refractivity contribution in [3.63, 3.8) is 0 Å². The number of carboxylic acid groups (broad SMARTS) is 1. The van der Waals surface area contributed by atoms with Crippen LogP contribution in [-0.4, -0.2) is 59.9 Å². The molecule has 0 fully saturated rings. The number of phosphoric ester groups is 1. The number of phosphoric acid groups is 1. The first-order chi connectivity index (χ1) is 29.6. The number of hydrogen-bond acceptors (Lipinski definition) is 9. The number of carbonyl (C=O) groups excluding carboxylic acids is 2. The van der Waals surface area contributed by atoms with Gasteiger partial charge in [-0.15, -0.1) is 0 Å². The van der Waals surface area contributed by atoms with Crippen molar-refractivity contribution in [1.82, 2.24) is 0 Å². The van der Waals surface area contributed by atoms with Gasteiger partial charge in [0.2, 0.25) is 0 Å². The lowest BCUT2D eigenvalue weighted by Crippen LogP contribution is -2.34. The predicted octanol–water partition coefficient (Wildman–Crippen LogP) is 14.2. The Morgan fingerprint density at radius 1 is 0.443 bits per heavy atom. The highest BCUT2D eigenvalue weighted by molar-refractivity contribution is 7.47. The van der Waals surface area contributed by atoms with Crippen molar-refractivity contribution in [3.05, 3.63) is 0 Å². The zero-order valence-corrected chi connectivity index (χ0v) is 40.4. The normalized spacial score (nSPS) is 13.5. The molecule has 0 saturated heterocycles. The van der Waals surface area contributed by atoms with Crippen LogP contribution in [0.5, 0.6) is 0 Å². The number of rotatable bonds is 49. The number of aliphatic carboxylic acids is 1. The molecule has 0 saturated carbocycles. The van der Waals surface area contributed by atoms with Gasteiger partial charge in [-0.25, -0.2) is 4.57 Å². The third kappa shape index (κ3) is 44.9. The third-order valence-electron chi connectivity index (χ3n) is 11.6. The minimum absolute atomic E-state index is 0.170. The Morgan fingerprint density at radius 2 is 0.721 bits per heavy atom. The van der Waals surface area contributed by atoms with Crippen LogP contribution in [0, 0.1) is 0 Å². The standard InChI is InChI=1S/C49H96NO10P/c1-3-5-7-9-11-13-15-17-19-21-23-25-27-29-31-33-35-37-39-41-48(52)60-45(43-58-61(55,56)59-44-46(50)49(53)54)42-57-47(51)40-38-36-34-32-30-28-26-24-22-20-18-16-14-12-10-8-6-4-2/h45-46H,3-44,50H2,1-2H3,(H,53,54)(H,55,56). The van der Waals surface area contributed by atoms with Gasteiger partial charge in [0, 0.05) is 12.8 Å². The largest absolute Gasteiger partial charge is 0.480 e. The Bertz CT molecular complexity index is 1050. The van der Waals surface area contributed by atoms with Crippen molar-refractivity contribution >= 4 is 25.7 Å². The number of nitrogens with two attached hydrogens (primary N) is 1. The van der Waals surface area contributed by atoms with Crippen LogP contribution in [0.1, 0.15) is 264 Å². The van der Waals surface area contributed by atoms with Gasteiger partial charge in [0.05, 0.1) is 13.2 Å². The van der Waals surface area contributed by atoms with Gasteiger partial charge in [-0.2, -0.15) is 0 Å². The van der Waals surface area contributed by atoms with Crippen molar-refractivity contribution in [2.24, 2.45) is 5.73 Å². The molecule has 0 aliphatic carbocycles. The van der Waals surface area contributed by atoms with E-state index in [-0.39, 0.29) is 19.4 Å². The van der Waals surface area contributed by atoms with E-state index in [1.54, 1.807) is 0 Å². The van der Waals surface area contributed by atoms with E-state index in [4.69, 9.17) is 24.8 Å². The molecule has 0 aliphatic rings. The first-order valence-electron chi connectivity index (χ1n) is 25.6. The monoisotopic (exact) mass is 890 g/mol. The van der Waals surface area contributed by atoms with Crippen molar-refractivity contribution in [2.75, 3.05) is 19.8 Å². The summed E-state index contributed by atoms with van der Waals surface area (Å²) in [6.07, 6.45) is 45.9. The van der Waals surface area contributed by atoms with Crippen LogP contribution in [-0.2, 0) is 37.5 Å². The second-order valence-electron chi connectivity index (χ2n) is 17.7. The quantitative estimate of drug-likeness (QED) is 0.0301. The molecule has 0 bridgehead atoms. The van der Waals surface area contributed by atoms with Gasteiger partial charge in [0.25, 0.3) is 0 Å². The molecule has 0 aliphatic heterocycles. The van der Waals surface area contributed by atoms with Gasteiger partial charge >= 0.3 is 25.7 Å². The van der Waals surface area contributed by atoms with E-state index in [9.17, 15) is 23.8 Å².